The van der Waals surface area contributed by atoms with E-state index in [-0.39, 0.29) is 17.7 Å². The maximum Gasteiger partial charge on any atom is 0.254 e. The van der Waals surface area contributed by atoms with Gasteiger partial charge in [-0.25, -0.2) is 0 Å². The fourth-order valence-corrected chi connectivity index (χ4v) is 3.72. The van der Waals surface area contributed by atoms with Crippen LogP contribution in [0.4, 0.5) is 0 Å². The first-order chi connectivity index (χ1) is 11.4. The summed E-state index contributed by atoms with van der Waals surface area (Å²) < 4.78 is 0.902. The lowest BCUT2D eigenvalue weighted by atomic mass is 9.95. The minimum Gasteiger partial charge on any atom is -0.346 e. The highest BCUT2D eigenvalue weighted by Gasteiger charge is 2.29. The lowest BCUT2D eigenvalue weighted by Gasteiger charge is -2.33. The Labute approximate surface area is 162 Å². The molecule has 4 nitrogen and oxygen atoms in total. The van der Waals surface area contributed by atoms with Gasteiger partial charge in [-0.15, -0.1) is 0 Å². The van der Waals surface area contributed by atoms with Gasteiger partial charge in [0.15, 0.2) is 0 Å². The van der Waals surface area contributed by atoms with Crippen molar-refractivity contribution in [2.45, 2.75) is 32.6 Å². The van der Waals surface area contributed by atoms with Gasteiger partial charge in [0.2, 0.25) is 5.91 Å². The van der Waals surface area contributed by atoms with E-state index in [1.54, 1.807) is 12.1 Å². The summed E-state index contributed by atoms with van der Waals surface area (Å²) in [6, 6.07) is 5.37. The topological polar surface area (TPSA) is 40.6 Å². The standard InChI is InChI=1S/C18H24ClIN2O2/c1-3-4-9-21(2)17(23)13-7-10-22(11-8-13)18(24)15-12-14(19)5-6-16(15)20/h5-6,12-13H,3-4,7-11H2,1-2H3. The molecule has 0 aliphatic carbocycles. The molecule has 1 aromatic carbocycles. The summed E-state index contributed by atoms with van der Waals surface area (Å²) in [6.45, 7) is 4.19. The van der Waals surface area contributed by atoms with E-state index in [1.807, 2.05) is 22.9 Å². The van der Waals surface area contributed by atoms with Gasteiger partial charge in [-0.3, -0.25) is 9.59 Å². The fraction of sp³-hybridized carbons (Fsp3) is 0.556. The Balaban J connectivity index is 1.93. The molecule has 132 valence electrons. The molecule has 1 fully saturated rings. The Kier molecular flexibility index (Phi) is 7.34. The monoisotopic (exact) mass is 462 g/mol. The van der Waals surface area contributed by atoms with Crippen LogP contribution in [0.1, 0.15) is 43.0 Å². The number of benzene rings is 1. The largest absolute Gasteiger partial charge is 0.346 e. The minimum atomic E-state index is 0.00661. The molecule has 0 radical (unpaired) electrons. The molecule has 0 spiro atoms. The first-order valence-corrected chi connectivity index (χ1v) is 9.89. The van der Waals surface area contributed by atoms with Crippen LogP contribution in [0.5, 0.6) is 0 Å². The molecule has 1 heterocycles. The van der Waals surface area contributed by atoms with E-state index in [0.29, 0.717) is 23.7 Å². The molecule has 24 heavy (non-hydrogen) atoms. The number of carbonyl (C=O) groups excluding carboxylic acids is 2. The molecular weight excluding hydrogens is 439 g/mol. The summed E-state index contributed by atoms with van der Waals surface area (Å²) in [5, 5.41) is 0.571. The number of amides is 2. The van der Waals surface area contributed by atoms with Gasteiger partial charge in [0.1, 0.15) is 0 Å². The van der Waals surface area contributed by atoms with Gasteiger partial charge in [-0.2, -0.15) is 0 Å². The van der Waals surface area contributed by atoms with Crippen molar-refractivity contribution in [1.82, 2.24) is 9.80 Å². The number of nitrogens with zero attached hydrogens (tertiary/aromatic N) is 2. The van der Waals surface area contributed by atoms with Gasteiger partial charge < -0.3 is 9.80 Å². The number of carbonyl (C=O) groups is 2. The molecule has 0 aromatic heterocycles. The molecule has 0 atom stereocenters. The van der Waals surface area contributed by atoms with Gasteiger partial charge in [-0.1, -0.05) is 24.9 Å². The maximum absolute atomic E-state index is 12.7. The summed E-state index contributed by atoms with van der Waals surface area (Å²) in [5.41, 5.74) is 0.646. The normalized spacial score (nSPS) is 15.4. The molecular formula is C18H24ClIN2O2. The van der Waals surface area contributed by atoms with E-state index in [4.69, 9.17) is 11.6 Å². The van der Waals surface area contributed by atoms with E-state index in [0.717, 1.165) is 35.8 Å². The number of hydrogen-bond acceptors (Lipinski definition) is 2. The molecule has 1 aromatic rings. The second-order valence-electron chi connectivity index (χ2n) is 6.30. The SMILES string of the molecule is CCCCN(C)C(=O)C1CCN(C(=O)c2cc(Cl)ccc2I)CC1. The summed E-state index contributed by atoms with van der Waals surface area (Å²) in [4.78, 5) is 28.8. The molecule has 1 aliphatic heterocycles. The maximum atomic E-state index is 12.7. The summed E-state index contributed by atoms with van der Waals surface area (Å²) in [6.07, 6.45) is 3.59. The van der Waals surface area contributed by atoms with Crippen molar-refractivity contribution in [3.8, 4) is 0 Å². The van der Waals surface area contributed by atoms with E-state index < -0.39 is 0 Å². The van der Waals surface area contributed by atoms with Crippen LogP contribution in [0.2, 0.25) is 5.02 Å². The second kappa shape index (κ2) is 9.04. The third-order valence-electron chi connectivity index (χ3n) is 4.51. The predicted molar refractivity (Wildman–Crippen MR) is 105 cm³/mol. The Hall–Kier alpha value is -0.820. The molecule has 6 heteroatoms. The van der Waals surface area contributed by atoms with Crippen LogP contribution in [0, 0.1) is 9.49 Å². The van der Waals surface area contributed by atoms with Crippen molar-refractivity contribution in [3.05, 3.63) is 32.4 Å². The zero-order valence-corrected chi connectivity index (χ0v) is 17.1. The van der Waals surface area contributed by atoms with Crippen LogP contribution in [-0.4, -0.2) is 48.3 Å². The first-order valence-electron chi connectivity index (χ1n) is 8.43. The molecule has 0 bridgehead atoms. The Morgan fingerprint density at radius 1 is 1.33 bits per heavy atom. The molecule has 1 aliphatic rings. The Bertz CT molecular complexity index is 601. The lowest BCUT2D eigenvalue weighted by Crippen LogP contribution is -2.43. The highest BCUT2D eigenvalue weighted by Crippen LogP contribution is 2.24. The summed E-state index contributed by atoms with van der Waals surface area (Å²) >= 11 is 8.17. The van der Waals surface area contributed by atoms with Crippen LogP contribution in [-0.2, 0) is 4.79 Å². The molecule has 0 N–H and O–H groups in total. The highest BCUT2D eigenvalue weighted by atomic mass is 127. The van der Waals surface area contributed by atoms with Gasteiger partial charge in [0.25, 0.3) is 5.91 Å². The van der Waals surface area contributed by atoms with Crippen molar-refractivity contribution < 1.29 is 9.59 Å². The third kappa shape index (κ3) is 4.85. The molecule has 0 saturated carbocycles. The fourth-order valence-electron chi connectivity index (χ4n) is 2.98. The van der Waals surface area contributed by atoms with Crippen molar-refractivity contribution in [3.63, 3.8) is 0 Å². The van der Waals surface area contributed by atoms with Crippen molar-refractivity contribution in [2.75, 3.05) is 26.7 Å². The smallest absolute Gasteiger partial charge is 0.254 e. The van der Waals surface area contributed by atoms with E-state index >= 15 is 0 Å². The summed E-state index contributed by atoms with van der Waals surface area (Å²) in [5.74, 6) is 0.259. The highest BCUT2D eigenvalue weighted by molar-refractivity contribution is 14.1. The zero-order chi connectivity index (χ0) is 17.7. The van der Waals surface area contributed by atoms with Gasteiger partial charge in [0.05, 0.1) is 5.56 Å². The predicted octanol–water partition coefficient (Wildman–Crippen LogP) is 4.06. The molecule has 1 saturated heterocycles. The van der Waals surface area contributed by atoms with Crippen LogP contribution in [0.25, 0.3) is 0 Å². The van der Waals surface area contributed by atoms with Crippen molar-refractivity contribution in [2.24, 2.45) is 5.92 Å². The molecule has 0 unspecified atom stereocenters. The van der Waals surface area contributed by atoms with Crippen LogP contribution >= 0.6 is 34.2 Å². The Morgan fingerprint density at radius 2 is 2.00 bits per heavy atom. The number of halogens is 2. The van der Waals surface area contributed by atoms with Crippen molar-refractivity contribution >= 4 is 46.0 Å². The van der Waals surface area contributed by atoms with Gasteiger partial charge >= 0.3 is 0 Å². The minimum absolute atomic E-state index is 0.00661. The number of rotatable bonds is 5. The van der Waals surface area contributed by atoms with Crippen LogP contribution < -0.4 is 0 Å². The number of hydrogen-bond donors (Lipinski definition) is 0. The van der Waals surface area contributed by atoms with E-state index in [9.17, 15) is 9.59 Å². The van der Waals surface area contributed by atoms with Crippen LogP contribution in [0.3, 0.4) is 0 Å². The van der Waals surface area contributed by atoms with Crippen molar-refractivity contribution in [1.29, 1.82) is 0 Å². The van der Waals surface area contributed by atoms with Gasteiger partial charge in [0, 0.05) is 41.2 Å². The lowest BCUT2D eigenvalue weighted by molar-refractivity contribution is -0.135. The number of piperidine rings is 1. The third-order valence-corrected chi connectivity index (χ3v) is 5.69. The van der Waals surface area contributed by atoms with Gasteiger partial charge in [-0.05, 0) is 60.1 Å². The Morgan fingerprint density at radius 3 is 2.62 bits per heavy atom. The van der Waals surface area contributed by atoms with E-state index in [1.165, 1.54) is 0 Å². The number of unbranched alkanes of at least 4 members (excludes halogenated alkanes) is 1. The average Bonchev–Trinajstić information content (AvgIpc) is 2.60. The summed E-state index contributed by atoms with van der Waals surface area (Å²) in [7, 11) is 1.88. The van der Waals surface area contributed by atoms with E-state index in [2.05, 4.69) is 29.5 Å². The zero-order valence-electron chi connectivity index (χ0n) is 14.2. The second-order valence-corrected chi connectivity index (χ2v) is 7.90. The number of likely N-dealkylation sites (tertiary alicyclic amines) is 1. The first kappa shape index (κ1) is 19.5. The quantitative estimate of drug-likeness (QED) is 0.619. The molecule has 2 amide bonds. The molecule has 2 rings (SSSR count). The van der Waals surface area contributed by atoms with Crippen LogP contribution in [0.15, 0.2) is 18.2 Å². The average molecular weight is 463 g/mol.